The average molecular weight is 379 g/mol. The smallest absolute Gasteiger partial charge is 0.323 e. The summed E-state index contributed by atoms with van der Waals surface area (Å²) in [6.45, 7) is 1.19. The lowest BCUT2D eigenvalue weighted by molar-refractivity contribution is -0.137. The molecule has 0 aliphatic rings. The number of fused-ring (bicyclic) bond motifs is 1. The van der Waals surface area contributed by atoms with Crippen molar-refractivity contribution >= 4 is 45.0 Å². The summed E-state index contributed by atoms with van der Waals surface area (Å²) in [5.41, 5.74) is 1.10. The predicted molar refractivity (Wildman–Crippen MR) is 93.5 cm³/mol. The van der Waals surface area contributed by atoms with E-state index in [2.05, 4.69) is 4.99 Å². The molecule has 0 saturated heterocycles. The third-order valence-electron chi connectivity index (χ3n) is 3.53. The minimum atomic E-state index is -1.11. The summed E-state index contributed by atoms with van der Waals surface area (Å²) in [5, 5.41) is 9.52. The second-order valence-corrected chi connectivity index (χ2v) is 6.81. The lowest BCUT2D eigenvalue weighted by atomic mass is 10.2. The van der Waals surface area contributed by atoms with Gasteiger partial charge in [0.25, 0.3) is 5.91 Å². The molecule has 25 heavy (non-hydrogen) atoms. The number of aliphatic carboxylic acids is 1. The fraction of sp³-hybridized carbons (Fsp3) is 0.118. The number of amides is 1. The topological polar surface area (TPSA) is 71.7 Å². The van der Waals surface area contributed by atoms with Crippen LogP contribution in [0.4, 0.5) is 4.39 Å². The fourth-order valence-electron chi connectivity index (χ4n) is 2.34. The molecular formula is C17H12ClFN2O3S. The van der Waals surface area contributed by atoms with Crippen LogP contribution in [-0.2, 0) is 11.3 Å². The molecule has 3 aromatic rings. The van der Waals surface area contributed by atoms with Crippen molar-refractivity contribution in [2.24, 2.45) is 4.99 Å². The normalized spacial score (nSPS) is 11.9. The van der Waals surface area contributed by atoms with Crippen LogP contribution < -0.4 is 4.80 Å². The molecule has 128 valence electrons. The van der Waals surface area contributed by atoms with Crippen LogP contribution in [0.3, 0.4) is 0 Å². The van der Waals surface area contributed by atoms with E-state index in [1.807, 2.05) is 0 Å². The van der Waals surface area contributed by atoms with Crippen molar-refractivity contribution in [3.63, 3.8) is 0 Å². The summed E-state index contributed by atoms with van der Waals surface area (Å²) in [5.74, 6) is -2.11. The Morgan fingerprint density at radius 3 is 2.76 bits per heavy atom. The highest BCUT2D eigenvalue weighted by Crippen LogP contribution is 2.22. The van der Waals surface area contributed by atoms with Crippen molar-refractivity contribution in [3.05, 3.63) is 63.2 Å². The molecule has 1 N–H and O–H groups in total. The van der Waals surface area contributed by atoms with Crippen LogP contribution in [0.5, 0.6) is 0 Å². The monoisotopic (exact) mass is 378 g/mol. The van der Waals surface area contributed by atoms with Crippen molar-refractivity contribution in [1.82, 2.24) is 4.57 Å². The number of carbonyl (C=O) groups excluding carboxylic acids is 1. The Morgan fingerprint density at radius 1 is 1.32 bits per heavy atom. The highest BCUT2D eigenvalue weighted by atomic mass is 35.5. The highest BCUT2D eigenvalue weighted by Gasteiger charge is 2.13. The van der Waals surface area contributed by atoms with E-state index >= 15 is 0 Å². The molecule has 8 heteroatoms. The molecule has 1 aromatic heterocycles. The number of halogens is 2. The van der Waals surface area contributed by atoms with Gasteiger partial charge in [0.1, 0.15) is 12.4 Å². The van der Waals surface area contributed by atoms with Crippen LogP contribution >= 0.6 is 22.9 Å². The van der Waals surface area contributed by atoms with Crippen LogP contribution in [0.25, 0.3) is 10.2 Å². The van der Waals surface area contributed by atoms with E-state index < -0.39 is 24.2 Å². The fourth-order valence-corrected chi connectivity index (χ4v) is 3.64. The summed E-state index contributed by atoms with van der Waals surface area (Å²) in [7, 11) is 0. The summed E-state index contributed by atoms with van der Waals surface area (Å²) >= 11 is 7.00. The van der Waals surface area contributed by atoms with Crippen LogP contribution in [0, 0.1) is 12.7 Å². The first kappa shape index (κ1) is 17.3. The van der Waals surface area contributed by atoms with E-state index in [1.165, 1.54) is 16.7 Å². The number of hydrogen-bond acceptors (Lipinski definition) is 3. The van der Waals surface area contributed by atoms with Crippen molar-refractivity contribution in [2.75, 3.05) is 0 Å². The number of carboxylic acid groups (broad SMARTS) is 1. The average Bonchev–Trinajstić information content (AvgIpc) is 2.84. The molecule has 0 bridgehead atoms. The van der Waals surface area contributed by atoms with Crippen molar-refractivity contribution in [2.45, 2.75) is 13.5 Å². The van der Waals surface area contributed by atoms with Crippen LogP contribution in [0.15, 0.2) is 41.4 Å². The Balaban J connectivity index is 2.20. The Bertz CT molecular complexity index is 1070. The van der Waals surface area contributed by atoms with Crippen molar-refractivity contribution in [3.8, 4) is 0 Å². The Kier molecular flexibility index (Phi) is 4.69. The van der Waals surface area contributed by atoms with Crippen LogP contribution in [0.1, 0.15) is 15.9 Å². The zero-order chi connectivity index (χ0) is 18.1. The third kappa shape index (κ3) is 3.62. The number of rotatable bonds is 3. The number of hydrogen-bond donors (Lipinski definition) is 1. The number of aryl methyl sites for hydroxylation is 1. The van der Waals surface area contributed by atoms with Crippen LogP contribution in [0.2, 0.25) is 5.02 Å². The molecule has 0 aliphatic heterocycles. The number of aromatic nitrogens is 1. The SMILES string of the molecule is Cc1cc2sc(=NC(=O)c3cccc(Cl)c3)n(CC(=O)O)c2cc1F. The number of thiazole rings is 1. The van der Waals surface area contributed by atoms with Crippen LogP contribution in [-0.4, -0.2) is 21.6 Å². The summed E-state index contributed by atoms with van der Waals surface area (Å²) < 4.78 is 15.8. The van der Waals surface area contributed by atoms with Gasteiger partial charge in [-0.3, -0.25) is 9.59 Å². The highest BCUT2D eigenvalue weighted by molar-refractivity contribution is 7.16. The second kappa shape index (κ2) is 6.78. The Hall–Kier alpha value is -2.51. The summed E-state index contributed by atoms with van der Waals surface area (Å²) in [4.78, 5) is 27.7. The first-order valence-corrected chi connectivity index (χ1v) is 8.40. The summed E-state index contributed by atoms with van der Waals surface area (Å²) in [6, 6.07) is 9.17. The molecule has 2 aromatic carbocycles. The number of nitrogens with zero attached hydrogens (tertiary/aromatic N) is 2. The molecule has 0 unspecified atom stereocenters. The third-order valence-corrected chi connectivity index (χ3v) is 4.80. The maximum absolute atomic E-state index is 13.9. The first-order valence-electron chi connectivity index (χ1n) is 7.21. The summed E-state index contributed by atoms with van der Waals surface area (Å²) in [6.07, 6.45) is 0. The van der Waals surface area contributed by atoms with E-state index in [0.29, 0.717) is 20.8 Å². The standard InChI is InChI=1S/C17H12ClFN2O3S/c1-9-5-14-13(7-12(9)19)21(8-15(22)23)17(25-14)20-16(24)10-3-2-4-11(18)6-10/h2-7H,8H2,1H3,(H,22,23). The molecule has 0 radical (unpaired) electrons. The van der Waals surface area contributed by atoms with Gasteiger partial charge in [-0.15, -0.1) is 0 Å². The van der Waals surface area contributed by atoms with Gasteiger partial charge < -0.3 is 9.67 Å². The lowest BCUT2D eigenvalue weighted by Gasteiger charge is -2.02. The second-order valence-electron chi connectivity index (χ2n) is 5.36. The first-order chi connectivity index (χ1) is 11.8. The molecule has 1 amide bonds. The van der Waals surface area contributed by atoms with E-state index in [-0.39, 0.29) is 10.4 Å². The zero-order valence-electron chi connectivity index (χ0n) is 13.0. The zero-order valence-corrected chi connectivity index (χ0v) is 14.6. The van der Waals surface area contributed by atoms with Crippen molar-refractivity contribution < 1.29 is 19.1 Å². The quantitative estimate of drug-likeness (QED) is 0.756. The number of carboxylic acids is 1. The van der Waals surface area contributed by atoms with Gasteiger partial charge in [-0.05, 0) is 42.8 Å². The minimum absolute atomic E-state index is 0.187. The molecule has 0 aliphatic carbocycles. The molecule has 0 spiro atoms. The number of benzene rings is 2. The minimum Gasteiger partial charge on any atom is -0.480 e. The van der Waals surface area contributed by atoms with Gasteiger partial charge in [0.05, 0.1) is 10.2 Å². The van der Waals surface area contributed by atoms with Gasteiger partial charge in [-0.1, -0.05) is 29.0 Å². The molecule has 0 atom stereocenters. The van der Waals surface area contributed by atoms with Gasteiger partial charge in [-0.2, -0.15) is 4.99 Å². The van der Waals surface area contributed by atoms with E-state index in [9.17, 15) is 14.0 Å². The Morgan fingerprint density at radius 2 is 2.08 bits per heavy atom. The van der Waals surface area contributed by atoms with Gasteiger partial charge >= 0.3 is 5.97 Å². The molecule has 0 fully saturated rings. The maximum atomic E-state index is 13.9. The molecular weight excluding hydrogens is 367 g/mol. The molecule has 0 saturated carbocycles. The Labute approximate surface area is 150 Å². The largest absolute Gasteiger partial charge is 0.480 e. The van der Waals surface area contributed by atoms with E-state index in [4.69, 9.17) is 16.7 Å². The van der Waals surface area contributed by atoms with Crippen molar-refractivity contribution in [1.29, 1.82) is 0 Å². The van der Waals surface area contributed by atoms with Gasteiger partial charge in [0, 0.05) is 10.6 Å². The van der Waals surface area contributed by atoms with Gasteiger partial charge in [0.2, 0.25) is 0 Å². The molecule has 1 heterocycles. The number of carbonyl (C=O) groups is 2. The molecule has 3 rings (SSSR count). The van der Waals surface area contributed by atoms with E-state index in [1.54, 1.807) is 31.2 Å². The maximum Gasteiger partial charge on any atom is 0.323 e. The predicted octanol–water partition coefficient (Wildman–Crippen LogP) is 3.63. The molecule has 5 nitrogen and oxygen atoms in total. The van der Waals surface area contributed by atoms with E-state index in [0.717, 1.165) is 11.3 Å². The van der Waals surface area contributed by atoms with Gasteiger partial charge in [0.15, 0.2) is 4.80 Å². The van der Waals surface area contributed by atoms with Gasteiger partial charge in [-0.25, -0.2) is 4.39 Å². The lowest BCUT2D eigenvalue weighted by Crippen LogP contribution is -2.21.